The predicted octanol–water partition coefficient (Wildman–Crippen LogP) is 1.88. The van der Waals surface area contributed by atoms with Gasteiger partial charge in [0, 0.05) is 32.2 Å². The minimum absolute atomic E-state index is 0.110. The van der Waals surface area contributed by atoms with E-state index >= 15 is 0 Å². The van der Waals surface area contributed by atoms with E-state index in [2.05, 4.69) is 16.3 Å². The zero-order chi connectivity index (χ0) is 19.4. The third-order valence-electron chi connectivity index (χ3n) is 5.30. The number of ether oxygens (including phenoxy) is 1. The molecule has 1 aliphatic heterocycles. The molecular weight excluding hydrogens is 342 g/mol. The maximum atomic E-state index is 12.4. The van der Waals surface area contributed by atoms with E-state index < -0.39 is 0 Å². The van der Waals surface area contributed by atoms with Gasteiger partial charge < -0.3 is 15.0 Å². The van der Waals surface area contributed by atoms with E-state index in [0.29, 0.717) is 32.2 Å². The molecule has 3 rings (SSSR count). The second kappa shape index (κ2) is 8.74. The predicted molar refractivity (Wildman–Crippen MR) is 105 cm³/mol. The first-order chi connectivity index (χ1) is 12.9. The summed E-state index contributed by atoms with van der Waals surface area (Å²) in [7, 11) is 0. The summed E-state index contributed by atoms with van der Waals surface area (Å²) in [4.78, 5) is 28.7. The van der Waals surface area contributed by atoms with Gasteiger partial charge in [0.1, 0.15) is 5.75 Å². The number of hydrogen-bond acceptors (Lipinski definition) is 4. The van der Waals surface area contributed by atoms with Crippen LogP contribution < -0.4 is 10.1 Å². The molecule has 0 radical (unpaired) electrons. The van der Waals surface area contributed by atoms with Gasteiger partial charge in [-0.05, 0) is 56.9 Å². The maximum absolute atomic E-state index is 12.4. The monoisotopic (exact) mass is 373 g/mol. The highest BCUT2D eigenvalue weighted by Crippen LogP contribution is 2.19. The van der Waals surface area contributed by atoms with Crippen molar-refractivity contribution in [3.8, 4) is 5.75 Å². The van der Waals surface area contributed by atoms with Gasteiger partial charge in [-0.1, -0.05) is 6.07 Å². The van der Waals surface area contributed by atoms with Gasteiger partial charge in [-0.2, -0.15) is 0 Å². The van der Waals surface area contributed by atoms with E-state index in [9.17, 15) is 9.59 Å². The molecule has 2 aliphatic rings. The first-order valence-corrected chi connectivity index (χ1v) is 9.95. The highest BCUT2D eigenvalue weighted by atomic mass is 16.5. The summed E-state index contributed by atoms with van der Waals surface area (Å²) >= 11 is 0. The van der Waals surface area contributed by atoms with Crippen LogP contribution in [0, 0.1) is 13.8 Å². The Kier molecular flexibility index (Phi) is 6.37. The number of amides is 2. The minimum Gasteiger partial charge on any atom is -0.493 e. The van der Waals surface area contributed by atoms with Gasteiger partial charge in [0.05, 0.1) is 19.1 Å². The molecule has 6 nitrogen and oxygen atoms in total. The number of benzene rings is 1. The third kappa shape index (κ3) is 5.70. The van der Waals surface area contributed by atoms with Crippen LogP contribution in [0.25, 0.3) is 0 Å². The lowest BCUT2D eigenvalue weighted by Gasteiger charge is -2.37. The lowest BCUT2D eigenvalue weighted by molar-refractivity contribution is -0.134. The Hall–Kier alpha value is -2.08. The second-order valence-electron chi connectivity index (χ2n) is 7.80. The largest absolute Gasteiger partial charge is 0.493 e. The Morgan fingerprint density at radius 1 is 1.11 bits per heavy atom. The van der Waals surface area contributed by atoms with Crippen molar-refractivity contribution in [2.45, 2.75) is 52.1 Å². The number of hydrogen-bond donors (Lipinski definition) is 1. The van der Waals surface area contributed by atoms with Crippen molar-refractivity contribution in [1.82, 2.24) is 15.1 Å². The standard InChI is InChI=1S/C21H31N3O3/c1-15-12-16(2)14-19(13-15)27-11-6-20(25)24-9-7-23(8-10-24)17(3)21(26)22-18-4-5-18/h12-14,17-18H,4-11H2,1-3H3,(H,22,26). The Balaban J connectivity index is 1.38. The summed E-state index contributed by atoms with van der Waals surface area (Å²) in [6.45, 7) is 9.24. The van der Waals surface area contributed by atoms with Crippen LogP contribution in [0.4, 0.5) is 0 Å². The second-order valence-corrected chi connectivity index (χ2v) is 7.80. The van der Waals surface area contributed by atoms with Gasteiger partial charge in [0.2, 0.25) is 11.8 Å². The van der Waals surface area contributed by atoms with E-state index in [1.165, 1.54) is 0 Å². The fourth-order valence-electron chi connectivity index (χ4n) is 3.50. The summed E-state index contributed by atoms with van der Waals surface area (Å²) in [5, 5.41) is 3.06. The van der Waals surface area contributed by atoms with Crippen LogP contribution in [0.5, 0.6) is 5.75 Å². The number of aryl methyl sites for hydroxylation is 2. The first kappa shape index (κ1) is 19.7. The van der Waals surface area contributed by atoms with Crippen LogP contribution in [0.2, 0.25) is 0 Å². The molecule has 0 aromatic heterocycles. The topological polar surface area (TPSA) is 61.9 Å². The van der Waals surface area contributed by atoms with Gasteiger partial charge in [-0.15, -0.1) is 0 Å². The summed E-state index contributed by atoms with van der Waals surface area (Å²) in [5.41, 5.74) is 2.32. The number of piperazine rings is 1. The molecule has 1 heterocycles. The summed E-state index contributed by atoms with van der Waals surface area (Å²) in [6.07, 6.45) is 2.58. The highest BCUT2D eigenvalue weighted by molar-refractivity contribution is 5.82. The molecule has 6 heteroatoms. The SMILES string of the molecule is Cc1cc(C)cc(OCCC(=O)N2CCN(C(C)C(=O)NC3CC3)CC2)c1. The van der Waals surface area contributed by atoms with Crippen LogP contribution >= 0.6 is 0 Å². The fraction of sp³-hybridized carbons (Fsp3) is 0.619. The van der Waals surface area contributed by atoms with Gasteiger partial charge in [0.15, 0.2) is 0 Å². The number of nitrogens with zero attached hydrogens (tertiary/aromatic N) is 2. The van der Waals surface area contributed by atoms with Crippen molar-refractivity contribution < 1.29 is 14.3 Å². The lowest BCUT2D eigenvalue weighted by atomic mass is 10.1. The molecule has 1 aliphatic carbocycles. The summed E-state index contributed by atoms with van der Waals surface area (Å²) in [6, 6.07) is 6.34. The number of rotatable bonds is 7. The average molecular weight is 373 g/mol. The van der Waals surface area contributed by atoms with Crippen LogP contribution in [-0.2, 0) is 9.59 Å². The number of nitrogens with one attached hydrogen (secondary N) is 1. The number of carbonyl (C=O) groups excluding carboxylic acids is 2. The zero-order valence-electron chi connectivity index (χ0n) is 16.7. The van der Waals surface area contributed by atoms with Crippen LogP contribution in [0.15, 0.2) is 18.2 Å². The summed E-state index contributed by atoms with van der Waals surface area (Å²) in [5.74, 6) is 1.05. The van der Waals surface area contributed by atoms with Gasteiger partial charge in [-0.25, -0.2) is 0 Å². The van der Waals surface area contributed by atoms with Crippen molar-refractivity contribution in [2.75, 3.05) is 32.8 Å². The molecule has 0 bridgehead atoms. The molecule has 148 valence electrons. The molecule has 2 amide bonds. The Morgan fingerprint density at radius 3 is 2.33 bits per heavy atom. The van der Waals surface area contributed by atoms with E-state index in [1.54, 1.807) is 0 Å². The molecule has 0 spiro atoms. The minimum atomic E-state index is -0.129. The molecule has 1 N–H and O–H groups in total. The molecule has 1 aromatic rings. The van der Waals surface area contributed by atoms with Crippen LogP contribution in [0.1, 0.15) is 37.3 Å². The van der Waals surface area contributed by atoms with E-state index in [1.807, 2.05) is 37.8 Å². The highest BCUT2D eigenvalue weighted by Gasteiger charge is 2.30. The third-order valence-corrected chi connectivity index (χ3v) is 5.30. The van der Waals surface area contributed by atoms with Crippen molar-refractivity contribution in [3.05, 3.63) is 29.3 Å². The van der Waals surface area contributed by atoms with Gasteiger partial charge in [-0.3, -0.25) is 14.5 Å². The van der Waals surface area contributed by atoms with Crippen LogP contribution in [-0.4, -0.2) is 66.5 Å². The van der Waals surface area contributed by atoms with Crippen molar-refractivity contribution in [2.24, 2.45) is 0 Å². The molecule has 1 saturated heterocycles. The smallest absolute Gasteiger partial charge is 0.237 e. The quantitative estimate of drug-likeness (QED) is 0.793. The molecule has 1 atom stereocenters. The fourth-order valence-corrected chi connectivity index (χ4v) is 3.50. The van der Waals surface area contributed by atoms with Crippen molar-refractivity contribution in [1.29, 1.82) is 0 Å². The Bertz CT molecular complexity index is 659. The van der Waals surface area contributed by atoms with E-state index in [0.717, 1.165) is 42.8 Å². The Labute approximate surface area is 161 Å². The van der Waals surface area contributed by atoms with Gasteiger partial charge >= 0.3 is 0 Å². The maximum Gasteiger partial charge on any atom is 0.237 e. The molecular formula is C21H31N3O3. The van der Waals surface area contributed by atoms with E-state index in [-0.39, 0.29) is 17.9 Å². The zero-order valence-corrected chi connectivity index (χ0v) is 16.7. The lowest BCUT2D eigenvalue weighted by Crippen LogP contribution is -2.55. The summed E-state index contributed by atoms with van der Waals surface area (Å²) < 4.78 is 5.75. The van der Waals surface area contributed by atoms with Gasteiger partial charge in [0.25, 0.3) is 0 Å². The Morgan fingerprint density at radius 2 is 1.74 bits per heavy atom. The number of carbonyl (C=O) groups is 2. The van der Waals surface area contributed by atoms with Crippen molar-refractivity contribution in [3.63, 3.8) is 0 Å². The molecule has 1 unspecified atom stereocenters. The first-order valence-electron chi connectivity index (χ1n) is 9.95. The molecule has 1 aromatic carbocycles. The van der Waals surface area contributed by atoms with Crippen LogP contribution in [0.3, 0.4) is 0 Å². The van der Waals surface area contributed by atoms with Crippen molar-refractivity contribution >= 4 is 11.8 Å². The molecule has 2 fully saturated rings. The average Bonchev–Trinajstić information content (AvgIpc) is 3.44. The molecule has 1 saturated carbocycles. The molecule has 27 heavy (non-hydrogen) atoms. The van der Waals surface area contributed by atoms with E-state index in [4.69, 9.17) is 4.74 Å². The normalized spacial score (nSPS) is 18.9.